The molecular formula is C16H20N8O. The summed E-state index contributed by atoms with van der Waals surface area (Å²) in [5.41, 5.74) is 8.33. The number of β-amino-alcohol motifs (C(OH)–C–C–N with tert-alkyl or cyclic N) is 1. The van der Waals surface area contributed by atoms with Crippen molar-refractivity contribution in [3.63, 3.8) is 0 Å². The molecule has 0 bridgehead atoms. The quantitative estimate of drug-likeness (QED) is 0.610. The van der Waals surface area contributed by atoms with E-state index in [2.05, 4.69) is 34.7 Å². The second-order valence-corrected chi connectivity index (χ2v) is 6.18. The van der Waals surface area contributed by atoms with Crippen LogP contribution >= 0.6 is 0 Å². The smallest absolute Gasteiger partial charge is 0.182 e. The van der Waals surface area contributed by atoms with Crippen LogP contribution < -0.4 is 10.6 Å². The molecule has 0 radical (unpaired) electrons. The molecule has 0 amide bonds. The molecule has 9 nitrogen and oxygen atoms in total. The number of anilines is 2. The van der Waals surface area contributed by atoms with Crippen LogP contribution in [0.15, 0.2) is 31.0 Å². The summed E-state index contributed by atoms with van der Waals surface area (Å²) in [6, 6.07) is 3.85. The highest BCUT2D eigenvalue weighted by molar-refractivity contribution is 5.82. The highest BCUT2D eigenvalue weighted by atomic mass is 16.3. The number of pyridine rings is 1. The van der Waals surface area contributed by atoms with Crippen LogP contribution in [0.4, 0.5) is 11.6 Å². The monoisotopic (exact) mass is 340 g/mol. The maximum atomic E-state index is 10.5. The predicted molar refractivity (Wildman–Crippen MR) is 93.8 cm³/mol. The molecule has 9 heteroatoms. The molecule has 0 aliphatic carbocycles. The molecule has 1 aliphatic rings. The number of aliphatic hydroxyl groups is 1. The molecule has 4 N–H and O–H groups in total. The normalized spacial score (nSPS) is 19.2. The summed E-state index contributed by atoms with van der Waals surface area (Å²) in [6.45, 7) is 3.26. The fourth-order valence-corrected chi connectivity index (χ4v) is 3.21. The van der Waals surface area contributed by atoms with Crippen LogP contribution in [0.1, 0.15) is 5.56 Å². The number of H-pyrrole nitrogens is 1. The summed E-state index contributed by atoms with van der Waals surface area (Å²) in [7, 11) is 0. The number of nitrogen functional groups attached to an aromatic ring is 1. The summed E-state index contributed by atoms with van der Waals surface area (Å²) < 4.78 is 0. The average molecular weight is 340 g/mol. The van der Waals surface area contributed by atoms with Crippen molar-refractivity contribution in [2.45, 2.75) is 12.6 Å². The third-order valence-corrected chi connectivity index (χ3v) is 4.41. The van der Waals surface area contributed by atoms with Gasteiger partial charge in [-0.05, 0) is 6.07 Å². The van der Waals surface area contributed by atoms with Crippen molar-refractivity contribution in [2.24, 2.45) is 0 Å². The number of hydrogen-bond donors (Lipinski definition) is 3. The molecule has 1 unspecified atom stereocenters. The van der Waals surface area contributed by atoms with Crippen molar-refractivity contribution in [1.29, 1.82) is 0 Å². The van der Waals surface area contributed by atoms with Crippen LogP contribution in [0, 0.1) is 0 Å². The van der Waals surface area contributed by atoms with Crippen LogP contribution in [0.25, 0.3) is 11.2 Å². The van der Waals surface area contributed by atoms with Gasteiger partial charge in [-0.2, -0.15) is 0 Å². The van der Waals surface area contributed by atoms with Gasteiger partial charge in [0.1, 0.15) is 17.7 Å². The summed E-state index contributed by atoms with van der Waals surface area (Å²) in [5.74, 6) is 1.30. The van der Waals surface area contributed by atoms with E-state index in [0.717, 1.165) is 30.0 Å². The van der Waals surface area contributed by atoms with E-state index < -0.39 is 6.10 Å². The summed E-state index contributed by atoms with van der Waals surface area (Å²) in [6.07, 6.45) is 4.30. The standard InChI is InChI=1S/C16H20N8O/c17-14-11(2-1-3-18-14)6-23-4-5-24(8-12(25)7-23)16-13-15(20-9-19-13)21-10-22-16/h1-3,9-10,12,25H,4-8H2,(H2,17,18)(H,19,20,21,22). The lowest BCUT2D eigenvalue weighted by molar-refractivity contribution is 0.129. The fourth-order valence-electron chi connectivity index (χ4n) is 3.21. The fraction of sp³-hybridized carbons (Fsp3) is 0.375. The Kier molecular flexibility index (Phi) is 4.16. The third kappa shape index (κ3) is 3.24. The number of aliphatic hydroxyl groups excluding tert-OH is 1. The molecular weight excluding hydrogens is 320 g/mol. The van der Waals surface area contributed by atoms with E-state index in [0.29, 0.717) is 31.1 Å². The lowest BCUT2D eigenvalue weighted by Crippen LogP contribution is -2.33. The summed E-state index contributed by atoms with van der Waals surface area (Å²) >= 11 is 0. The summed E-state index contributed by atoms with van der Waals surface area (Å²) in [5, 5.41) is 10.5. The number of aromatic nitrogens is 5. The highest BCUT2D eigenvalue weighted by Gasteiger charge is 2.24. The van der Waals surface area contributed by atoms with Crippen LogP contribution in [-0.4, -0.2) is 67.2 Å². The number of aromatic amines is 1. The number of nitrogens with two attached hydrogens (primary N) is 1. The molecule has 0 spiro atoms. The van der Waals surface area contributed by atoms with Crippen molar-refractivity contribution in [3.05, 3.63) is 36.5 Å². The van der Waals surface area contributed by atoms with Gasteiger partial charge in [-0.25, -0.2) is 19.9 Å². The molecule has 1 fully saturated rings. The zero-order valence-corrected chi connectivity index (χ0v) is 13.7. The van der Waals surface area contributed by atoms with E-state index >= 15 is 0 Å². The van der Waals surface area contributed by atoms with E-state index in [-0.39, 0.29) is 0 Å². The number of imidazole rings is 1. The lowest BCUT2D eigenvalue weighted by Gasteiger charge is -2.23. The van der Waals surface area contributed by atoms with Gasteiger partial charge in [-0.15, -0.1) is 0 Å². The van der Waals surface area contributed by atoms with Gasteiger partial charge in [-0.3, -0.25) is 4.90 Å². The first-order valence-electron chi connectivity index (χ1n) is 8.19. The molecule has 1 atom stereocenters. The first-order valence-corrected chi connectivity index (χ1v) is 8.19. The Morgan fingerprint density at radius 1 is 1.20 bits per heavy atom. The third-order valence-electron chi connectivity index (χ3n) is 4.41. The molecule has 3 aromatic heterocycles. The molecule has 4 rings (SSSR count). The molecule has 25 heavy (non-hydrogen) atoms. The van der Waals surface area contributed by atoms with Gasteiger partial charge in [-0.1, -0.05) is 6.07 Å². The molecule has 0 saturated carbocycles. The van der Waals surface area contributed by atoms with Crippen molar-refractivity contribution < 1.29 is 5.11 Å². The Balaban J connectivity index is 1.53. The molecule has 1 saturated heterocycles. The van der Waals surface area contributed by atoms with Gasteiger partial charge in [0.2, 0.25) is 0 Å². The van der Waals surface area contributed by atoms with Crippen molar-refractivity contribution in [1.82, 2.24) is 29.8 Å². The van der Waals surface area contributed by atoms with Gasteiger partial charge in [0.15, 0.2) is 11.5 Å². The maximum absolute atomic E-state index is 10.5. The van der Waals surface area contributed by atoms with Gasteiger partial charge in [0.25, 0.3) is 0 Å². The van der Waals surface area contributed by atoms with Gasteiger partial charge in [0.05, 0.1) is 12.4 Å². The first-order chi connectivity index (χ1) is 12.2. The second-order valence-electron chi connectivity index (χ2n) is 6.18. The zero-order chi connectivity index (χ0) is 17.2. The topological polar surface area (TPSA) is 120 Å². The number of rotatable bonds is 3. The van der Waals surface area contributed by atoms with Crippen molar-refractivity contribution in [2.75, 3.05) is 36.8 Å². The van der Waals surface area contributed by atoms with E-state index in [1.165, 1.54) is 6.33 Å². The Bertz CT molecular complexity index is 866. The second kappa shape index (κ2) is 6.61. The van der Waals surface area contributed by atoms with Crippen molar-refractivity contribution >= 4 is 22.8 Å². The highest BCUT2D eigenvalue weighted by Crippen LogP contribution is 2.22. The number of fused-ring (bicyclic) bond motifs is 1. The van der Waals surface area contributed by atoms with Gasteiger partial charge in [0, 0.05) is 44.5 Å². The minimum absolute atomic E-state index is 0.492. The van der Waals surface area contributed by atoms with Gasteiger partial charge >= 0.3 is 0 Å². The maximum Gasteiger partial charge on any atom is 0.182 e. The molecule has 3 aromatic rings. The predicted octanol–water partition coefficient (Wildman–Crippen LogP) is 0.0132. The number of nitrogens with one attached hydrogen (secondary N) is 1. The minimum atomic E-state index is -0.492. The van der Waals surface area contributed by atoms with E-state index in [1.54, 1.807) is 12.5 Å². The minimum Gasteiger partial charge on any atom is -0.390 e. The Morgan fingerprint density at radius 3 is 3.00 bits per heavy atom. The number of nitrogens with zero attached hydrogens (tertiary/aromatic N) is 6. The lowest BCUT2D eigenvalue weighted by atomic mass is 10.2. The SMILES string of the molecule is Nc1ncccc1CN1CCN(c2ncnc3nc[nH]c23)CC(O)C1. The van der Waals surface area contributed by atoms with Crippen LogP contribution in [0.3, 0.4) is 0 Å². The summed E-state index contributed by atoms with van der Waals surface area (Å²) in [4.78, 5) is 24.2. The molecule has 1 aliphatic heterocycles. The molecule has 0 aromatic carbocycles. The Morgan fingerprint density at radius 2 is 2.12 bits per heavy atom. The first kappa shape index (κ1) is 15.7. The number of hydrogen-bond acceptors (Lipinski definition) is 8. The van der Waals surface area contributed by atoms with E-state index in [1.807, 2.05) is 12.1 Å². The molecule has 4 heterocycles. The Hall–Kier alpha value is -2.78. The van der Waals surface area contributed by atoms with Crippen LogP contribution in [0.2, 0.25) is 0 Å². The molecule has 130 valence electrons. The zero-order valence-electron chi connectivity index (χ0n) is 13.7. The average Bonchev–Trinajstić information content (AvgIpc) is 3.01. The Labute approximate surface area is 144 Å². The van der Waals surface area contributed by atoms with Gasteiger partial charge < -0.3 is 20.7 Å². The van der Waals surface area contributed by atoms with Crippen molar-refractivity contribution in [3.8, 4) is 0 Å². The largest absolute Gasteiger partial charge is 0.390 e. The van der Waals surface area contributed by atoms with E-state index in [9.17, 15) is 5.11 Å². The van der Waals surface area contributed by atoms with E-state index in [4.69, 9.17) is 5.73 Å². The van der Waals surface area contributed by atoms with Crippen LogP contribution in [-0.2, 0) is 6.54 Å². The van der Waals surface area contributed by atoms with Crippen LogP contribution in [0.5, 0.6) is 0 Å².